The number of benzene rings is 2. The number of hydrogen-bond donors (Lipinski definition) is 2. The number of nitrogens with one attached hydrogen (secondary N) is 2. The summed E-state index contributed by atoms with van der Waals surface area (Å²) in [5.41, 5.74) is 1.77. The fourth-order valence-electron chi connectivity index (χ4n) is 2.03. The second-order valence-corrected chi connectivity index (χ2v) is 5.64. The van der Waals surface area contributed by atoms with Gasteiger partial charge in [0.2, 0.25) is 5.95 Å². The molecule has 0 saturated carbocycles. The van der Waals surface area contributed by atoms with Crippen LogP contribution in [0, 0.1) is 0 Å². The van der Waals surface area contributed by atoms with Crippen LogP contribution >= 0.6 is 23.2 Å². The highest BCUT2D eigenvalue weighted by atomic mass is 35.5. The Morgan fingerprint density at radius 1 is 0.870 bits per heavy atom. The van der Waals surface area contributed by atoms with E-state index in [9.17, 15) is 0 Å². The summed E-state index contributed by atoms with van der Waals surface area (Å²) in [6, 6.07) is 17.2. The summed E-state index contributed by atoms with van der Waals surface area (Å²) >= 11 is 12.3. The second kappa shape index (κ2) is 7.31. The van der Waals surface area contributed by atoms with Crippen LogP contribution in [0.5, 0.6) is 0 Å². The van der Waals surface area contributed by atoms with Crippen LogP contribution in [-0.4, -0.2) is 9.97 Å². The molecular weight excluding hydrogens is 331 g/mol. The Morgan fingerprint density at radius 2 is 1.61 bits per heavy atom. The predicted octanol–water partition coefficient (Wildman–Crippen LogP) is 5.14. The van der Waals surface area contributed by atoms with E-state index in [0.717, 1.165) is 5.82 Å². The summed E-state index contributed by atoms with van der Waals surface area (Å²) in [5.74, 6) is 1.15. The lowest BCUT2D eigenvalue weighted by atomic mass is 10.2. The Bertz CT molecular complexity index is 773. The summed E-state index contributed by atoms with van der Waals surface area (Å²) in [4.78, 5) is 8.61. The van der Waals surface area contributed by atoms with Gasteiger partial charge in [0, 0.05) is 12.7 Å². The van der Waals surface area contributed by atoms with Crippen molar-refractivity contribution >= 4 is 40.7 Å². The van der Waals surface area contributed by atoms with E-state index in [-0.39, 0.29) is 0 Å². The number of hydrogen-bond acceptors (Lipinski definition) is 4. The van der Waals surface area contributed by atoms with E-state index in [0.29, 0.717) is 28.2 Å². The SMILES string of the molecule is Clc1cccc(Cl)c1Nc1nccc(NCc2ccccc2)n1. The average molecular weight is 345 g/mol. The number of halogens is 2. The summed E-state index contributed by atoms with van der Waals surface area (Å²) < 4.78 is 0. The number of anilines is 3. The van der Waals surface area contributed by atoms with Crippen molar-refractivity contribution in [3.05, 3.63) is 76.4 Å². The van der Waals surface area contributed by atoms with Gasteiger partial charge in [0.25, 0.3) is 0 Å². The zero-order chi connectivity index (χ0) is 16.1. The van der Waals surface area contributed by atoms with Crippen LogP contribution in [0.15, 0.2) is 60.8 Å². The molecule has 0 fully saturated rings. The standard InChI is InChI=1S/C17H14Cl2N4/c18-13-7-4-8-14(19)16(13)23-17-20-10-9-15(22-17)21-11-12-5-2-1-3-6-12/h1-10H,11H2,(H2,20,21,22,23). The van der Waals surface area contributed by atoms with Crippen molar-refractivity contribution in [2.24, 2.45) is 0 Å². The van der Waals surface area contributed by atoms with Crippen molar-refractivity contribution in [2.75, 3.05) is 10.6 Å². The zero-order valence-electron chi connectivity index (χ0n) is 12.1. The molecule has 0 saturated heterocycles. The molecule has 4 nitrogen and oxygen atoms in total. The molecule has 0 radical (unpaired) electrons. The molecule has 3 aromatic rings. The molecule has 0 unspecified atom stereocenters. The van der Waals surface area contributed by atoms with E-state index in [2.05, 4.69) is 32.7 Å². The highest BCUT2D eigenvalue weighted by molar-refractivity contribution is 6.39. The van der Waals surface area contributed by atoms with Crippen molar-refractivity contribution in [2.45, 2.75) is 6.54 Å². The van der Waals surface area contributed by atoms with Gasteiger partial charge in [-0.15, -0.1) is 0 Å². The quantitative estimate of drug-likeness (QED) is 0.672. The lowest BCUT2D eigenvalue weighted by molar-refractivity contribution is 1.08. The molecule has 0 atom stereocenters. The Morgan fingerprint density at radius 3 is 2.35 bits per heavy atom. The summed E-state index contributed by atoms with van der Waals surface area (Å²) in [5, 5.41) is 7.35. The molecule has 1 aromatic heterocycles. The van der Waals surface area contributed by atoms with Gasteiger partial charge in [-0.05, 0) is 23.8 Å². The van der Waals surface area contributed by atoms with Gasteiger partial charge in [0.05, 0.1) is 15.7 Å². The van der Waals surface area contributed by atoms with E-state index in [1.54, 1.807) is 24.4 Å². The summed E-state index contributed by atoms with van der Waals surface area (Å²) in [6.07, 6.45) is 1.67. The summed E-state index contributed by atoms with van der Waals surface area (Å²) in [7, 11) is 0. The molecule has 2 N–H and O–H groups in total. The molecule has 0 aliphatic heterocycles. The normalized spacial score (nSPS) is 10.3. The summed E-state index contributed by atoms with van der Waals surface area (Å²) in [6.45, 7) is 0.685. The van der Waals surface area contributed by atoms with Crippen molar-refractivity contribution in [1.29, 1.82) is 0 Å². The molecule has 6 heteroatoms. The third-order valence-corrected chi connectivity index (χ3v) is 3.80. The second-order valence-electron chi connectivity index (χ2n) is 4.83. The molecule has 0 aliphatic carbocycles. The van der Waals surface area contributed by atoms with E-state index >= 15 is 0 Å². The largest absolute Gasteiger partial charge is 0.366 e. The highest BCUT2D eigenvalue weighted by Gasteiger charge is 2.07. The van der Waals surface area contributed by atoms with Gasteiger partial charge in [0.1, 0.15) is 5.82 Å². The topological polar surface area (TPSA) is 49.8 Å². The maximum absolute atomic E-state index is 6.14. The lowest BCUT2D eigenvalue weighted by Crippen LogP contribution is -2.04. The highest BCUT2D eigenvalue weighted by Crippen LogP contribution is 2.31. The third-order valence-electron chi connectivity index (χ3n) is 3.17. The van der Waals surface area contributed by atoms with Crippen LogP contribution in [0.4, 0.5) is 17.5 Å². The zero-order valence-corrected chi connectivity index (χ0v) is 13.6. The van der Waals surface area contributed by atoms with Crippen molar-refractivity contribution < 1.29 is 0 Å². The molecule has 0 bridgehead atoms. The Kier molecular flexibility index (Phi) is 4.95. The number of nitrogens with zero attached hydrogens (tertiary/aromatic N) is 2. The van der Waals surface area contributed by atoms with Crippen LogP contribution in [0.2, 0.25) is 10.0 Å². The van der Waals surface area contributed by atoms with Gasteiger partial charge >= 0.3 is 0 Å². The lowest BCUT2D eigenvalue weighted by Gasteiger charge is -2.10. The third kappa shape index (κ3) is 4.12. The van der Waals surface area contributed by atoms with Gasteiger partial charge in [-0.25, -0.2) is 4.98 Å². The first-order valence-corrected chi connectivity index (χ1v) is 7.80. The monoisotopic (exact) mass is 344 g/mol. The fourth-order valence-corrected chi connectivity index (χ4v) is 2.53. The Hall–Kier alpha value is -2.30. The van der Waals surface area contributed by atoms with Crippen LogP contribution in [0.1, 0.15) is 5.56 Å². The minimum absolute atomic E-state index is 0.429. The van der Waals surface area contributed by atoms with E-state index in [1.807, 2.05) is 24.3 Å². The van der Waals surface area contributed by atoms with Gasteiger partial charge in [-0.3, -0.25) is 0 Å². The molecule has 2 aromatic carbocycles. The number of aromatic nitrogens is 2. The van der Waals surface area contributed by atoms with Crippen LogP contribution in [-0.2, 0) is 6.54 Å². The molecule has 23 heavy (non-hydrogen) atoms. The molecule has 116 valence electrons. The first-order valence-electron chi connectivity index (χ1n) is 7.04. The van der Waals surface area contributed by atoms with Crippen LogP contribution in [0.25, 0.3) is 0 Å². The van der Waals surface area contributed by atoms with E-state index in [1.165, 1.54) is 5.56 Å². The molecular formula is C17H14Cl2N4. The average Bonchev–Trinajstić information content (AvgIpc) is 2.58. The predicted molar refractivity (Wildman–Crippen MR) is 95.5 cm³/mol. The minimum atomic E-state index is 0.429. The number of rotatable bonds is 5. The molecule has 3 rings (SSSR count). The molecule has 0 aliphatic rings. The Balaban J connectivity index is 1.72. The van der Waals surface area contributed by atoms with E-state index < -0.39 is 0 Å². The van der Waals surface area contributed by atoms with Crippen molar-refractivity contribution in [3.8, 4) is 0 Å². The maximum Gasteiger partial charge on any atom is 0.229 e. The minimum Gasteiger partial charge on any atom is -0.366 e. The van der Waals surface area contributed by atoms with Gasteiger partial charge in [-0.2, -0.15) is 4.98 Å². The first-order chi connectivity index (χ1) is 11.2. The molecule has 0 spiro atoms. The molecule has 1 heterocycles. The van der Waals surface area contributed by atoms with Crippen LogP contribution < -0.4 is 10.6 Å². The maximum atomic E-state index is 6.14. The Labute approximate surface area is 144 Å². The fraction of sp³-hybridized carbons (Fsp3) is 0.0588. The van der Waals surface area contributed by atoms with Gasteiger partial charge in [0.15, 0.2) is 0 Å². The number of para-hydroxylation sites is 1. The van der Waals surface area contributed by atoms with Crippen molar-refractivity contribution in [1.82, 2.24) is 9.97 Å². The van der Waals surface area contributed by atoms with E-state index in [4.69, 9.17) is 23.2 Å². The first kappa shape index (κ1) is 15.6. The van der Waals surface area contributed by atoms with Gasteiger partial charge in [-0.1, -0.05) is 59.6 Å². The van der Waals surface area contributed by atoms with Crippen molar-refractivity contribution in [3.63, 3.8) is 0 Å². The van der Waals surface area contributed by atoms with Crippen LogP contribution in [0.3, 0.4) is 0 Å². The van der Waals surface area contributed by atoms with Gasteiger partial charge < -0.3 is 10.6 Å². The molecule has 0 amide bonds. The smallest absolute Gasteiger partial charge is 0.229 e.